The van der Waals surface area contributed by atoms with Crippen LogP contribution in [0.25, 0.3) is 0 Å². The number of halogens is 1. The fourth-order valence-corrected chi connectivity index (χ4v) is 10.1. The van der Waals surface area contributed by atoms with Crippen LogP contribution in [-0.4, -0.2) is 58.0 Å². The Morgan fingerprint density at radius 1 is 1.00 bits per heavy atom. The maximum absolute atomic E-state index is 16.1. The average Bonchev–Trinajstić information content (AvgIpc) is 3.21. The third kappa shape index (κ3) is 6.59. The largest absolute Gasteiger partial charge is 0.397 e. The van der Waals surface area contributed by atoms with E-state index < -0.39 is 16.6 Å². The molecule has 0 heterocycles. The molecule has 0 aliphatic heterocycles. The summed E-state index contributed by atoms with van der Waals surface area (Å²) in [5.74, 6) is 1.66. The van der Waals surface area contributed by atoms with Crippen LogP contribution in [0.5, 0.6) is 0 Å². The first kappa shape index (κ1) is 30.6. The van der Waals surface area contributed by atoms with Gasteiger partial charge in [0.2, 0.25) is 0 Å². The highest BCUT2D eigenvalue weighted by molar-refractivity contribution is 7.80. The van der Waals surface area contributed by atoms with Crippen molar-refractivity contribution < 1.29 is 21.5 Å². The molecular formula is C29H54FN3O4S. The molecular weight excluding hydrogens is 505 g/mol. The zero-order chi connectivity index (χ0) is 27.6. The van der Waals surface area contributed by atoms with Gasteiger partial charge in [0.1, 0.15) is 6.17 Å². The van der Waals surface area contributed by atoms with E-state index in [9.17, 15) is 8.42 Å². The van der Waals surface area contributed by atoms with Crippen molar-refractivity contribution in [1.82, 2.24) is 10.6 Å². The summed E-state index contributed by atoms with van der Waals surface area (Å²) in [6.45, 7) is 10.7. The normalized spacial score (nSPS) is 41.8. The molecule has 0 bridgehead atoms. The molecule has 0 radical (unpaired) electrons. The van der Waals surface area contributed by atoms with Crippen LogP contribution in [-0.2, 0) is 14.6 Å². The third-order valence-electron chi connectivity index (χ3n) is 11.7. The van der Waals surface area contributed by atoms with Crippen LogP contribution in [0, 0.1) is 46.3 Å². The Balaban J connectivity index is 1.32. The molecule has 7 nitrogen and oxygen atoms in total. The van der Waals surface area contributed by atoms with Gasteiger partial charge in [-0.2, -0.15) is 8.42 Å². The topological polar surface area (TPSA) is 114 Å². The van der Waals surface area contributed by atoms with Gasteiger partial charge in [0.25, 0.3) is 0 Å². The van der Waals surface area contributed by atoms with Gasteiger partial charge in [0.05, 0.1) is 6.61 Å². The van der Waals surface area contributed by atoms with Gasteiger partial charge in [-0.3, -0.25) is 4.55 Å². The lowest BCUT2D eigenvalue weighted by Crippen LogP contribution is -2.58. The van der Waals surface area contributed by atoms with E-state index in [-0.39, 0.29) is 29.3 Å². The van der Waals surface area contributed by atoms with E-state index in [0.717, 1.165) is 77.5 Å². The molecule has 0 unspecified atom stereocenters. The van der Waals surface area contributed by atoms with Gasteiger partial charge in [0, 0.05) is 6.04 Å². The molecule has 0 aromatic rings. The quantitative estimate of drug-likeness (QED) is 0.191. The van der Waals surface area contributed by atoms with Crippen molar-refractivity contribution in [3.05, 3.63) is 0 Å². The van der Waals surface area contributed by atoms with Crippen LogP contribution in [0.15, 0.2) is 0 Å². The van der Waals surface area contributed by atoms with Gasteiger partial charge < -0.3 is 16.4 Å². The lowest BCUT2D eigenvalue weighted by molar-refractivity contribution is -0.149. The highest BCUT2D eigenvalue weighted by Gasteiger charge is 2.63. The molecule has 0 saturated heterocycles. The molecule has 222 valence electrons. The standard InChI is InChI=1S/C29H54FN3O4S/c1-20(19-37-38(34,35)36)23-7-8-24-27-25(10-12-29(23,24)3)28(2)11-9-22(17-21(28)18-26(27)30)33-16-6-15-32-14-5-4-13-31/h20-27,32-33H,4-19,31H2,1-3H3,(H,34,35,36)/t20-,21-,22-,23-,24+,25+,26+,27+,28+,29-/m1/s1. The van der Waals surface area contributed by atoms with E-state index in [2.05, 4.69) is 24.5 Å². The fourth-order valence-electron chi connectivity index (χ4n) is 9.68. The third-order valence-corrected chi connectivity index (χ3v) is 12.1. The number of unbranched alkanes of at least 4 members (excludes halogenated alkanes) is 1. The summed E-state index contributed by atoms with van der Waals surface area (Å²) < 4.78 is 52.2. The summed E-state index contributed by atoms with van der Waals surface area (Å²) in [4.78, 5) is 0. The first-order valence-corrected chi connectivity index (χ1v) is 16.8. The highest BCUT2D eigenvalue weighted by atomic mass is 32.3. The predicted octanol–water partition coefficient (Wildman–Crippen LogP) is 4.73. The Bertz CT molecular complexity index is 878. The van der Waals surface area contributed by atoms with Gasteiger partial charge in [-0.15, -0.1) is 0 Å². The Morgan fingerprint density at radius 2 is 1.71 bits per heavy atom. The van der Waals surface area contributed by atoms with Crippen LogP contribution >= 0.6 is 0 Å². The van der Waals surface area contributed by atoms with Gasteiger partial charge in [0.15, 0.2) is 0 Å². The van der Waals surface area contributed by atoms with Crippen molar-refractivity contribution in [2.45, 2.75) is 104 Å². The Labute approximate surface area is 230 Å². The average molecular weight is 560 g/mol. The lowest BCUT2D eigenvalue weighted by atomic mass is 9.44. The highest BCUT2D eigenvalue weighted by Crippen LogP contribution is 2.68. The van der Waals surface area contributed by atoms with E-state index in [1.54, 1.807) is 0 Å². The molecule has 5 N–H and O–H groups in total. The van der Waals surface area contributed by atoms with Crippen LogP contribution < -0.4 is 16.4 Å². The number of nitrogens with one attached hydrogen (secondary N) is 2. The molecule has 4 aliphatic rings. The zero-order valence-electron chi connectivity index (χ0n) is 24.0. The molecule has 4 aliphatic carbocycles. The van der Waals surface area contributed by atoms with E-state index in [1.165, 1.54) is 12.8 Å². The maximum atomic E-state index is 16.1. The van der Waals surface area contributed by atoms with E-state index in [0.29, 0.717) is 36.1 Å². The predicted molar refractivity (Wildman–Crippen MR) is 150 cm³/mol. The van der Waals surface area contributed by atoms with Crippen molar-refractivity contribution in [1.29, 1.82) is 0 Å². The number of nitrogens with two attached hydrogens (primary N) is 1. The van der Waals surface area contributed by atoms with Crippen LogP contribution in [0.4, 0.5) is 4.39 Å². The van der Waals surface area contributed by atoms with Crippen molar-refractivity contribution >= 4 is 10.4 Å². The molecule has 4 fully saturated rings. The number of hydrogen-bond donors (Lipinski definition) is 4. The molecule has 0 aromatic heterocycles. The van der Waals surface area contributed by atoms with Gasteiger partial charge in [-0.1, -0.05) is 20.8 Å². The summed E-state index contributed by atoms with van der Waals surface area (Å²) in [6, 6.07) is 0.502. The monoisotopic (exact) mass is 559 g/mol. The van der Waals surface area contributed by atoms with Gasteiger partial charge in [-0.25, -0.2) is 8.57 Å². The SMILES string of the molecule is C[C@H](COS(=O)(=O)O)[C@H]1CC[C@H]2[C@@H]3[C@@H](F)C[C@H]4C[C@H](NCCCNCCCCN)CC[C@]4(C)[C@H]3CC[C@]12C. The maximum Gasteiger partial charge on any atom is 0.397 e. The van der Waals surface area contributed by atoms with Crippen LogP contribution in [0.1, 0.15) is 91.4 Å². The first-order valence-electron chi connectivity index (χ1n) is 15.4. The minimum absolute atomic E-state index is 0.00250. The lowest BCUT2D eigenvalue weighted by Gasteiger charge is -2.62. The zero-order valence-corrected chi connectivity index (χ0v) is 24.8. The fraction of sp³-hybridized carbons (Fsp3) is 1.00. The molecule has 4 rings (SSSR count). The molecule has 10 atom stereocenters. The smallest absolute Gasteiger partial charge is 0.330 e. The summed E-state index contributed by atoms with van der Waals surface area (Å²) in [6.07, 6.45) is 10.9. The second-order valence-corrected chi connectivity index (χ2v) is 14.8. The van der Waals surface area contributed by atoms with Gasteiger partial charge >= 0.3 is 10.4 Å². The molecule has 4 saturated carbocycles. The van der Waals surface area contributed by atoms with Gasteiger partial charge in [-0.05, 0) is 143 Å². The molecule has 0 spiro atoms. The second-order valence-electron chi connectivity index (χ2n) is 13.7. The van der Waals surface area contributed by atoms with Crippen LogP contribution in [0.2, 0.25) is 0 Å². The number of alkyl halides is 1. The number of fused-ring (bicyclic) bond motifs is 5. The summed E-state index contributed by atoms with van der Waals surface area (Å²) in [7, 11) is -4.44. The minimum atomic E-state index is -4.44. The van der Waals surface area contributed by atoms with E-state index in [4.69, 9.17) is 14.5 Å². The number of hydrogen-bond acceptors (Lipinski definition) is 6. The van der Waals surface area contributed by atoms with Crippen molar-refractivity contribution in [2.75, 3.05) is 32.8 Å². The van der Waals surface area contributed by atoms with Crippen molar-refractivity contribution in [3.8, 4) is 0 Å². The molecule has 0 amide bonds. The van der Waals surface area contributed by atoms with Crippen LogP contribution in [0.3, 0.4) is 0 Å². The van der Waals surface area contributed by atoms with Crippen molar-refractivity contribution in [3.63, 3.8) is 0 Å². The second kappa shape index (κ2) is 12.7. The van der Waals surface area contributed by atoms with Crippen molar-refractivity contribution in [2.24, 2.45) is 52.1 Å². The van der Waals surface area contributed by atoms with E-state index in [1.807, 2.05) is 6.92 Å². The molecule has 0 aromatic carbocycles. The Hall–Kier alpha value is -0.320. The Kier molecular flexibility index (Phi) is 10.2. The summed E-state index contributed by atoms with van der Waals surface area (Å²) in [5, 5.41) is 7.29. The molecule has 38 heavy (non-hydrogen) atoms. The molecule has 9 heteroatoms. The minimum Gasteiger partial charge on any atom is -0.330 e. The summed E-state index contributed by atoms with van der Waals surface area (Å²) in [5.41, 5.74) is 5.78. The summed E-state index contributed by atoms with van der Waals surface area (Å²) >= 11 is 0. The van der Waals surface area contributed by atoms with E-state index >= 15 is 4.39 Å². The first-order chi connectivity index (χ1) is 18.0. The number of rotatable bonds is 13. The Morgan fingerprint density at radius 3 is 2.45 bits per heavy atom.